The minimum Gasteiger partial charge on any atom is -0.465 e. The molecule has 7 heteroatoms. The minimum atomic E-state index is -3.44. The molecule has 0 bridgehead atoms. The molecule has 118 valence electrons. The van der Waals surface area contributed by atoms with Gasteiger partial charge in [0.2, 0.25) is 10.0 Å². The number of hydrogen-bond donors (Lipinski definition) is 1. The SMILES string of the molecule is COC(=O)c1scc(C)c1NS(=O)(=O)CC1CCCCC1. The molecule has 2 rings (SSSR count). The fraction of sp³-hybridized carbons (Fsp3) is 0.643. The van der Waals surface area contributed by atoms with Gasteiger partial charge in [-0.3, -0.25) is 4.72 Å². The number of nitrogens with one attached hydrogen (secondary N) is 1. The highest BCUT2D eigenvalue weighted by Crippen LogP contribution is 2.31. The van der Waals surface area contributed by atoms with Crippen molar-refractivity contribution < 1.29 is 17.9 Å². The van der Waals surface area contributed by atoms with Gasteiger partial charge in [0, 0.05) is 0 Å². The number of anilines is 1. The second-order valence-electron chi connectivity index (χ2n) is 5.50. The molecular formula is C14H21NO4S2. The highest BCUT2D eigenvalue weighted by molar-refractivity contribution is 7.92. The van der Waals surface area contributed by atoms with E-state index in [2.05, 4.69) is 4.72 Å². The van der Waals surface area contributed by atoms with E-state index < -0.39 is 16.0 Å². The number of carbonyl (C=O) groups is 1. The van der Waals surface area contributed by atoms with Gasteiger partial charge in [-0.15, -0.1) is 11.3 Å². The lowest BCUT2D eigenvalue weighted by atomic mass is 9.91. The van der Waals surface area contributed by atoms with Crippen LogP contribution in [-0.2, 0) is 14.8 Å². The fourth-order valence-electron chi connectivity index (χ4n) is 2.68. The molecule has 1 fully saturated rings. The third-order valence-corrected chi connectivity index (χ3v) is 6.29. The monoisotopic (exact) mass is 331 g/mol. The first kappa shape index (κ1) is 16.3. The minimum absolute atomic E-state index is 0.128. The lowest BCUT2D eigenvalue weighted by molar-refractivity contribution is 0.0607. The molecule has 1 N–H and O–H groups in total. The van der Waals surface area contributed by atoms with E-state index in [4.69, 9.17) is 4.74 Å². The Hall–Kier alpha value is -1.08. The normalized spacial score (nSPS) is 16.7. The summed E-state index contributed by atoms with van der Waals surface area (Å²) in [6, 6.07) is 0. The van der Waals surface area contributed by atoms with Crippen LogP contribution >= 0.6 is 11.3 Å². The Bertz CT molecular complexity index is 600. The quantitative estimate of drug-likeness (QED) is 0.841. The number of aryl methyl sites for hydroxylation is 1. The van der Waals surface area contributed by atoms with Crippen LogP contribution in [0.5, 0.6) is 0 Å². The van der Waals surface area contributed by atoms with Gasteiger partial charge in [0.25, 0.3) is 0 Å². The van der Waals surface area contributed by atoms with Gasteiger partial charge in [-0.05, 0) is 36.6 Å². The van der Waals surface area contributed by atoms with Crippen LogP contribution in [0.4, 0.5) is 5.69 Å². The zero-order chi connectivity index (χ0) is 15.5. The Labute approximate surface area is 129 Å². The topological polar surface area (TPSA) is 72.5 Å². The zero-order valence-corrected chi connectivity index (χ0v) is 14.0. The van der Waals surface area contributed by atoms with Gasteiger partial charge in [0.15, 0.2) is 0 Å². The van der Waals surface area contributed by atoms with Crippen molar-refractivity contribution in [1.29, 1.82) is 0 Å². The van der Waals surface area contributed by atoms with Crippen molar-refractivity contribution in [2.24, 2.45) is 5.92 Å². The molecule has 1 heterocycles. The number of methoxy groups -OCH3 is 1. The molecule has 0 atom stereocenters. The molecule has 21 heavy (non-hydrogen) atoms. The predicted octanol–water partition coefficient (Wildman–Crippen LogP) is 3.17. The lowest BCUT2D eigenvalue weighted by Gasteiger charge is -2.21. The first-order chi connectivity index (χ1) is 9.93. The molecule has 0 radical (unpaired) electrons. The summed E-state index contributed by atoms with van der Waals surface area (Å²) in [5, 5.41) is 1.75. The molecular weight excluding hydrogens is 310 g/mol. The molecule has 1 saturated carbocycles. The van der Waals surface area contributed by atoms with Crippen LogP contribution in [0.25, 0.3) is 0 Å². The lowest BCUT2D eigenvalue weighted by Crippen LogP contribution is -2.25. The van der Waals surface area contributed by atoms with Crippen molar-refractivity contribution in [3.63, 3.8) is 0 Å². The number of ether oxygens (including phenoxy) is 1. The summed E-state index contributed by atoms with van der Waals surface area (Å²) in [7, 11) is -2.15. The molecule has 0 aliphatic heterocycles. The Morgan fingerprint density at radius 2 is 2.05 bits per heavy atom. The van der Waals surface area contributed by atoms with Crippen LogP contribution in [0.1, 0.15) is 47.3 Å². The molecule has 0 aromatic carbocycles. The largest absolute Gasteiger partial charge is 0.465 e. The van der Waals surface area contributed by atoms with Crippen molar-refractivity contribution in [2.45, 2.75) is 39.0 Å². The summed E-state index contributed by atoms with van der Waals surface area (Å²) in [6.07, 6.45) is 5.33. The van der Waals surface area contributed by atoms with E-state index in [1.165, 1.54) is 24.9 Å². The molecule has 1 aromatic rings. The molecule has 0 unspecified atom stereocenters. The van der Waals surface area contributed by atoms with E-state index in [0.29, 0.717) is 10.6 Å². The molecule has 0 spiro atoms. The van der Waals surface area contributed by atoms with E-state index in [-0.39, 0.29) is 11.7 Å². The van der Waals surface area contributed by atoms with Crippen molar-refractivity contribution in [3.05, 3.63) is 15.8 Å². The van der Waals surface area contributed by atoms with Gasteiger partial charge in [-0.1, -0.05) is 19.3 Å². The van der Waals surface area contributed by atoms with E-state index in [9.17, 15) is 13.2 Å². The smallest absolute Gasteiger partial charge is 0.350 e. The summed E-state index contributed by atoms with van der Waals surface area (Å²) >= 11 is 1.19. The highest BCUT2D eigenvalue weighted by atomic mass is 32.2. The summed E-state index contributed by atoms with van der Waals surface area (Å²) in [4.78, 5) is 12.0. The average molecular weight is 331 g/mol. The van der Waals surface area contributed by atoms with Crippen LogP contribution in [0.3, 0.4) is 0 Å². The van der Waals surface area contributed by atoms with Crippen LogP contribution < -0.4 is 4.72 Å². The van der Waals surface area contributed by atoms with Gasteiger partial charge < -0.3 is 4.74 Å². The second-order valence-corrected chi connectivity index (χ2v) is 8.15. The highest BCUT2D eigenvalue weighted by Gasteiger charge is 2.25. The average Bonchev–Trinajstić information content (AvgIpc) is 2.79. The Morgan fingerprint density at radius 1 is 1.38 bits per heavy atom. The fourth-order valence-corrected chi connectivity index (χ4v) is 5.27. The molecule has 0 amide bonds. The number of hydrogen-bond acceptors (Lipinski definition) is 5. The Balaban J connectivity index is 2.12. The van der Waals surface area contributed by atoms with E-state index in [1.54, 1.807) is 12.3 Å². The van der Waals surface area contributed by atoms with Gasteiger partial charge >= 0.3 is 5.97 Å². The maximum absolute atomic E-state index is 12.3. The number of carbonyl (C=O) groups excluding carboxylic acids is 1. The third-order valence-electron chi connectivity index (χ3n) is 3.78. The molecule has 0 saturated heterocycles. The zero-order valence-electron chi connectivity index (χ0n) is 12.3. The van der Waals surface area contributed by atoms with Crippen molar-refractivity contribution >= 4 is 33.0 Å². The van der Waals surface area contributed by atoms with Crippen molar-refractivity contribution in [1.82, 2.24) is 0 Å². The standard InChI is InChI=1S/C14H21NO4S2/c1-10-8-20-13(14(16)19-2)12(10)15-21(17,18)9-11-6-4-3-5-7-11/h8,11,15H,3-7,9H2,1-2H3. The number of thiophene rings is 1. The number of rotatable bonds is 5. The van der Waals surface area contributed by atoms with Gasteiger partial charge in [-0.2, -0.15) is 0 Å². The van der Waals surface area contributed by atoms with Crippen LogP contribution in [0.15, 0.2) is 5.38 Å². The van der Waals surface area contributed by atoms with Crippen LogP contribution in [0.2, 0.25) is 0 Å². The van der Waals surface area contributed by atoms with Gasteiger partial charge in [0.05, 0.1) is 18.6 Å². The number of sulfonamides is 1. The summed E-state index contributed by atoms with van der Waals surface area (Å²) < 4.78 is 31.9. The van der Waals surface area contributed by atoms with Crippen LogP contribution in [-0.4, -0.2) is 27.2 Å². The van der Waals surface area contributed by atoms with Gasteiger partial charge in [0.1, 0.15) is 4.88 Å². The van der Waals surface area contributed by atoms with Gasteiger partial charge in [-0.25, -0.2) is 13.2 Å². The second kappa shape index (κ2) is 6.79. The summed E-state index contributed by atoms with van der Waals surface area (Å²) in [5.74, 6) is -0.164. The molecule has 1 aliphatic carbocycles. The van der Waals surface area contributed by atoms with Crippen molar-refractivity contribution in [3.8, 4) is 0 Å². The van der Waals surface area contributed by atoms with E-state index in [0.717, 1.165) is 31.2 Å². The Kier molecular flexibility index (Phi) is 5.27. The molecule has 1 aliphatic rings. The van der Waals surface area contributed by atoms with Crippen molar-refractivity contribution in [2.75, 3.05) is 17.6 Å². The third kappa shape index (κ3) is 4.20. The Morgan fingerprint density at radius 3 is 2.67 bits per heavy atom. The number of esters is 1. The van der Waals surface area contributed by atoms with E-state index >= 15 is 0 Å². The molecule has 5 nitrogen and oxygen atoms in total. The maximum Gasteiger partial charge on any atom is 0.350 e. The molecule has 1 aromatic heterocycles. The maximum atomic E-state index is 12.3. The van der Waals surface area contributed by atoms with E-state index in [1.807, 2.05) is 0 Å². The first-order valence-corrected chi connectivity index (χ1v) is 9.63. The summed E-state index contributed by atoms with van der Waals surface area (Å²) in [5.41, 5.74) is 1.11. The first-order valence-electron chi connectivity index (χ1n) is 7.10. The summed E-state index contributed by atoms with van der Waals surface area (Å²) in [6.45, 7) is 1.78. The predicted molar refractivity (Wildman–Crippen MR) is 84.4 cm³/mol. The van der Waals surface area contributed by atoms with Crippen LogP contribution in [0, 0.1) is 12.8 Å².